The van der Waals surface area contributed by atoms with Gasteiger partial charge in [-0.05, 0) is 48.7 Å². The summed E-state index contributed by atoms with van der Waals surface area (Å²) >= 11 is 12.4. The minimum Gasteiger partial charge on any atom is -0.490 e. The van der Waals surface area contributed by atoms with Gasteiger partial charge >= 0.3 is 0 Å². The van der Waals surface area contributed by atoms with E-state index in [1.807, 2.05) is 17.2 Å². The molecule has 0 N–H and O–H groups in total. The van der Waals surface area contributed by atoms with Crippen molar-refractivity contribution in [3.05, 3.63) is 82.1 Å². The number of hydrogen-bond donors (Lipinski definition) is 0. The number of ether oxygens (including phenoxy) is 1. The molecular formula is C24H24Cl2FN3O2. The summed E-state index contributed by atoms with van der Waals surface area (Å²) in [6.45, 7) is 2.08. The third-order valence-electron chi connectivity index (χ3n) is 5.72. The van der Waals surface area contributed by atoms with Gasteiger partial charge in [-0.15, -0.1) is 0 Å². The maximum atomic E-state index is 13.6. The minimum atomic E-state index is -0.421. The standard InChI is InChI=1S/C24H24Cl2FN3O2/c25-19-5-6-20(26)18(15-19)16-30-13-10-28-24(30)17-7-11-29(12-8-17)23(31)9-14-32-22-4-2-1-3-21(22)27/h1-6,10,13,15,17H,7-9,11-12,14,16H2. The molecule has 1 aliphatic heterocycles. The minimum absolute atomic E-state index is 0.0221. The molecule has 0 atom stereocenters. The Bertz CT molecular complexity index is 1080. The Morgan fingerprint density at radius 2 is 1.94 bits per heavy atom. The average Bonchev–Trinajstić information content (AvgIpc) is 3.26. The fraction of sp³-hybridized carbons (Fsp3) is 0.333. The number of carbonyl (C=O) groups is 1. The molecule has 5 nitrogen and oxygen atoms in total. The summed E-state index contributed by atoms with van der Waals surface area (Å²) in [4.78, 5) is 19.0. The fourth-order valence-electron chi connectivity index (χ4n) is 4.02. The van der Waals surface area contributed by atoms with Crippen LogP contribution in [0.15, 0.2) is 54.9 Å². The molecule has 8 heteroatoms. The lowest BCUT2D eigenvalue weighted by Gasteiger charge is -2.32. The number of benzene rings is 2. The number of amides is 1. The van der Waals surface area contributed by atoms with Crippen molar-refractivity contribution in [3.63, 3.8) is 0 Å². The maximum absolute atomic E-state index is 13.6. The highest BCUT2D eigenvalue weighted by molar-refractivity contribution is 6.33. The van der Waals surface area contributed by atoms with Crippen molar-refractivity contribution in [2.75, 3.05) is 19.7 Å². The first kappa shape index (κ1) is 22.6. The molecule has 2 heterocycles. The van der Waals surface area contributed by atoms with Crippen molar-refractivity contribution < 1.29 is 13.9 Å². The lowest BCUT2D eigenvalue weighted by Crippen LogP contribution is -2.39. The first-order valence-electron chi connectivity index (χ1n) is 10.6. The van der Waals surface area contributed by atoms with Gasteiger partial charge in [-0.3, -0.25) is 4.79 Å². The molecular weight excluding hydrogens is 452 g/mol. The van der Waals surface area contributed by atoms with E-state index in [0.717, 1.165) is 24.2 Å². The molecule has 1 aliphatic rings. The zero-order chi connectivity index (χ0) is 22.5. The highest BCUT2D eigenvalue weighted by Crippen LogP contribution is 2.29. The van der Waals surface area contributed by atoms with E-state index in [-0.39, 0.29) is 30.6 Å². The molecule has 0 saturated carbocycles. The highest BCUT2D eigenvalue weighted by Gasteiger charge is 2.26. The molecule has 1 saturated heterocycles. The topological polar surface area (TPSA) is 47.4 Å². The summed E-state index contributed by atoms with van der Waals surface area (Å²) in [5.41, 5.74) is 0.945. The normalized spacial score (nSPS) is 14.5. The lowest BCUT2D eigenvalue weighted by atomic mass is 9.95. The molecule has 0 spiro atoms. The average molecular weight is 476 g/mol. The molecule has 1 aromatic heterocycles. The number of rotatable bonds is 7. The van der Waals surface area contributed by atoms with Crippen molar-refractivity contribution in [2.24, 2.45) is 0 Å². The summed E-state index contributed by atoms with van der Waals surface area (Å²) in [6, 6.07) is 11.7. The van der Waals surface area contributed by atoms with Gasteiger partial charge in [0.2, 0.25) is 5.91 Å². The molecule has 4 rings (SSSR count). The van der Waals surface area contributed by atoms with E-state index in [4.69, 9.17) is 27.9 Å². The number of imidazole rings is 1. The van der Waals surface area contributed by atoms with Crippen molar-refractivity contribution in [3.8, 4) is 5.75 Å². The van der Waals surface area contributed by atoms with Crippen LogP contribution in [-0.2, 0) is 11.3 Å². The number of likely N-dealkylation sites (tertiary alicyclic amines) is 1. The van der Waals surface area contributed by atoms with Crippen molar-refractivity contribution in [1.82, 2.24) is 14.5 Å². The Labute approximate surface area is 196 Å². The molecule has 1 amide bonds. The third-order valence-corrected chi connectivity index (χ3v) is 6.32. The molecule has 3 aromatic rings. The van der Waals surface area contributed by atoms with Gasteiger partial charge in [0.15, 0.2) is 11.6 Å². The van der Waals surface area contributed by atoms with Crippen LogP contribution in [-0.4, -0.2) is 40.1 Å². The van der Waals surface area contributed by atoms with E-state index in [1.54, 1.807) is 36.5 Å². The molecule has 32 heavy (non-hydrogen) atoms. The van der Waals surface area contributed by atoms with E-state index in [0.29, 0.717) is 29.7 Å². The molecule has 0 unspecified atom stereocenters. The number of aromatic nitrogens is 2. The largest absolute Gasteiger partial charge is 0.490 e. The summed E-state index contributed by atoms with van der Waals surface area (Å²) in [5.74, 6) is 1.03. The number of halogens is 3. The Morgan fingerprint density at radius 3 is 2.72 bits per heavy atom. The van der Waals surface area contributed by atoms with Gasteiger partial charge in [0.1, 0.15) is 5.82 Å². The van der Waals surface area contributed by atoms with E-state index in [9.17, 15) is 9.18 Å². The maximum Gasteiger partial charge on any atom is 0.225 e. The highest BCUT2D eigenvalue weighted by atomic mass is 35.5. The van der Waals surface area contributed by atoms with E-state index < -0.39 is 5.82 Å². The first-order chi connectivity index (χ1) is 15.5. The third kappa shape index (κ3) is 5.43. The zero-order valence-electron chi connectivity index (χ0n) is 17.5. The van der Waals surface area contributed by atoms with Crippen LogP contribution in [0.25, 0.3) is 0 Å². The van der Waals surface area contributed by atoms with Crippen molar-refractivity contribution in [1.29, 1.82) is 0 Å². The Kier molecular flexibility index (Phi) is 7.33. The molecule has 0 bridgehead atoms. The van der Waals surface area contributed by atoms with Gasteiger partial charge in [0.05, 0.1) is 19.6 Å². The van der Waals surface area contributed by atoms with Crippen LogP contribution >= 0.6 is 23.2 Å². The van der Waals surface area contributed by atoms with Crippen molar-refractivity contribution >= 4 is 29.1 Å². The number of hydrogen-bond acceptors (Lipinski definition) is 3. The molecule has 168 valence electrons. The second kappa shape index (κ2) is 10.4. The Balaban J connectivity index is 1.29. The monoisotopic (exact) mass is 475 g/mol. The van der Waals surface area contributed by atoms with Crippen LogP contribution in [0.5, 0.6) is 5.75 Å². The predicted octanol–water partition coefficient (Wildman–Crippen LogP) is 5.55. The van der Waals surface area contributed by atoms with Crippen LogP contribution in [0.4, 0.5) is 4.39 Å². The van der Waals surface area contributed by atoms with E-state index in [2.05, 4.69) is 9.55 Å². The van der Waals surface area contributed by atoms with Gasteiger partial charge in [0.25, 0.3) is 0 Å². The summed E-state index contributed by atoms with van der Waals surface area (Å²) < 4.78 is 21.1. The predicted molar refractivity (Wildman–Crippen MR) is 123 cm³/mol. The van der Waals surface area contributed by atoms with Crippen LogP contribution in [0.2, 0.25) is 10.0 Å². The molecule has 1 fully saturated rings. The fourth-order valence-corrected chi connectivity index (χ4v) is 4.39. The lowest BCUT2D eigenvalue weighted by molar-refractivity contribution is -0.132. The van der Waals surface area contributed by atoms with Gasteiger partial charge in [-0.25, -0.2) is 9.37 Å². The van der Waals surface area contributed by atoms with Crippen LogP contribution in [0.3, 0.4) is 0 Å². The van der Waals surface area contributed by atoms with Crippen LogP contribution in [0, 0.1) is 5.82 Å². The quantitative estimate of drug-likeness (QED) is 0.449. The van der Waals surface area contributed by atoms with Gasteiger partial charge in [-0.1, -0.05) is 35.3 Å². The van der Waals surface area contributed by atoms with Gasteiger partial charge < -0.3 is 14.2 Å². The number of piperidine rings is 1. The van der Waals surface area contributed by atoms with Gasteiger partial charge in [0, 0.05) is 41.4 Å². The Hall–Kier alpha value is -2.57. The first-order valence-corrected chi connectivity index (χ1v) is 11.4. The molecule has 2 aromatic carbocycles. The van der Waals surface area contributed by atoms with Crippen LogP contribution in [0.1, 0.15) is 36.6 Å². The smallest absolute Gasteiger partial charge is 0.225 e. The second-order valence-electron chi connectivity index (χ2n) is 7.83. The Morgan fingerprint density at radius 1 is 1.16 bits per heavy atom. The summed E-state index contributed by atoms with van der Waals surface area (Å²) in [7, 11) is 0. The number of nitrogens with zero attached hydrogens (tertiary/aromatic N) is 3. The molecule has 0 aliphatic carbocycles. The van der Waals surface area contributed by atoms with E-state index in [1.165, 1.54) is 6.07 Å². The molecule has 0 radical (unpaired) electrons. The SMILES string of the molecule is O=C(CCOc1ccccc1F)N1CCC(c2nccn2Cc2cc(Cl)ccc2Cl)CC1. The zero-order valence-corrected chi connectivity index (χ0v) is 19.0. The van der Waals surface area contributed by atoms with Crippen LogP contribution < -0.4 is 4.74 Å². The summed E-state index contributed by atoms with van der Waals surface area (Å²) in [5, 5.41) is 1.32. The van der Waals surface area contributed by atoms with Gasteiger partial charge in [-0.2, -0.15) is 0 Å². The second-order valence-corrected chi connectivity index (χ2v) is 8.68. The number of para-hydroxylation sites is 1. The van der Waals surface area contributed by atoms with Crippen molar-refractivity contribution in [2.45, 2.75) is 31.7 Å². The van der Waals surface area contributed by atoms with E-state index >= 15 is 0 Å². The summed E-state index contributed by atoms with van der Waals surface area (Å²) in [6.07, 6.45) is 5.64. The number of carbonyl (C=O) groups excluding carboxylic acids is 1.